The highest BCUT2D eigenvalue weighted by molar-refractivity contribution is 5.70. The van der Waals surface area contributed by atoms with Crippen molar-refractivity contribution in [2.75, 3.05) is 0 Å². The van der Waals surface area contributed by atoms with E-state index >= 15 is 0 Å². The molecule has 0 spiro atoms. The molecule has 1 saturated heterocycles. The largest absolute Gasteiger partial charge is 0.459 e. The Morgan fingerprint density at radius 3 is 2.87 bits per heavy atom. The van der Waals surface area contributed by atoms with Gasteiger partial charge >= 0.3 is 5.97 Å². The standard InChI is InChI=1S/C12H22O3/c1-3-5-6-9(4-2)12-10(13)7-8-11(14)15-12/h9-10,12-13H,3-8H2,1-2H3. The van der Waals surface area contributed by atoms with Crippen molar-refractivity contribution in [1.82, 2.24) is 0 Å². The Labute approximate surface area is 91.8 Å². The summed E-state index contributed by atoms with van der Waals surface area (Å²) in [6.45, 7) is 4.24. The number of unbranched alkanes of at least 4 members (excludes halogenated alkanes) is 1. The number of cyclic esters (lactones) is 1. The number of hydrogen-bond donors (Lipinski definition) is 1. The van der Waals surface area contributed by atoms with Gasteiger partial charge in [-0.15, -0.1) is 0 Å². The first-order valence-corrected chi connectivity index (χ1v) is 6.06. The Hall–Kier alpha value is -0.570. The number of rotatable bonds is 5. The van der Waals surface area contributed by atoms with Gasteiger partial charge in [0.1, 0.15) is 6.10 Å². The zero-order valence-corrected chi connectivity index (χ0v) is 9.74. The molecule has 0 aromatic carbocycles. The zero-order valence-electron chi connectivity index (χ0n) is 9.74. The van der Waals surface area contributed by atoms with Gasteiger partial charge in [-0.25, -0.2) is 0 Å². The fourth-order valence-corrected chi connectivity index (χ4v) is 2.20. The van der Waals surface area contributed by atoms with E-state index in [1.54, 1.807) is 0 Å². The summed E-state index contributed by atoms with van der Waals surface area (Å²) in [6, 6.07) is 0. The van der Waals surface area contributed by atoms with Crippen molar-refractivity contribution in [3.8, 4) is 0 Å². The molecule has 1 N–H and O–H groups in total. The van der Waals surface area contributed by atoms with Crippen LogP contribution in [0.4, 0.5) is 0 Å². The van der Waals surface area contributed by atoms with Gasteiger partial charge in [-0.1, -0.05) is 26.7 Å². The maximum atomic E-state index is 11.2. The summed E-state index contributed by atoms with van der Waals surface area (Å²) in [6.07, 6.45) is 4.50. The van der Waals surface area contributed by atoms with Gasteiger partial charge in [0.05, 0.1) is 6.10 Å². The van der Waals surface area contributed by atoms with Gasteiger partial charge in [-0.05, 0) is 25.2 Å². The molecule has 3 nitrogen and oxygen atoms in total. The summed E-state index contributed by atoms with van der Waals surface area (Å²) < 4.78 is 5.26. The van der Waals surface area contributed by atoms with E-state index in [0.717, 1.165) is 25.7 Å². The minimum atomic E-state index is -0.454. The van der Waals surface area contributed by atoms with Crippen LogP contribution in [0.15, 0.2) is 0 Å². The number of carbonyl (C=O) groups excluding carboxylic acids is 1. The molecule has 1 rings (SSSR count). The maximum Gasteiger partial charge on any atom is 0.306 e. The van der Waals surface area contributed by atoms with Crippen LogP contribution in [0, 0.1) is 5.92 Å². The van der Waals surface area contributed by atoms with Gasteiger partial charge in [-0.2, -0.15) is 0 Å². The Morgan fingerprint density at radius 1 is 1.53 bits per heavy atom. The summed E-state index contributed by atoms with van der Waals surface area (Å²) in [5.74, 6) is 0.171. The minimum absolute atomic E-state index is 0.153. The molecule has 0 aliphatic carbocycles. The molecule has 3 heteroatoms. The Balaban J connectivity index is 2.52. The normalized spacial score (nSPS) is 28.6. The van der Waals surface area contributed by atoms with Crippen LogP contribution in [0.1, 0.15) is 52.4 Å². The van der Waals surface area contributed by atoms with Gasteiger partial charge in [-0.3, -0.25) is 4.79 Å². The van der Waals surface area contributed by atoms with Crippen molar-refractivity contribution in [2.45, 2.75) is 64.6 Å². The first-order chi connectivity index (χ1) is 7.19. The van der Waals surface area contributed by atoms with Crippen molar-refractivity contribution in [3.05, 3.63) is 0 Å². The lowest BCUT2D eigenvalue weighted by Gasteiger charge is -2.33. The lowest BCUT2D eigenvalue weighted by molar-refractivity contribution is -0.169. The first kappa shape index (κ1) is 12.5. The third-order valence-corrected chi connectivity index (χ3v) is 3.21. The second-order valence-electron chi connectivity index (χ2n) is 4.37. The monoisotopic (exact) mass is 214 g/mol. The van der Waals surface area contributed by atoms with Gasteiger partial charge in [0.2, 0.25) is 0 Å². The highest BCUT2D eigenvalue weighted by Gasteiger charge is 2.34. The molecular formula is C12H22O3. The SMILES string of the molecule is CCCCC(CC)C1OC(=O)CCC1O. The lowest BCUT2D eigenvalue weighted by Crippen LogP contribution is -2.41. The number of ether oxygens (including phenoxy) is 1. The van der Waals surface area contributed by atoms with Crippen molar-refractivity contribution in [1.29, 1.82) is 0 Å². The molecule has 1 aliphatic heterocycles. The molecule has 0 aromatic rings. The van der Waals surface area contributed by atoms with Crippen LogP contribution in [-0.2, 0) is 9.53 Å². The van der Waals surface area contributed by atoms with Crippen LogP contribution >= 0.6 is 0 Å². The van der Waals surface area contributed by atoms with E-state index in [4.69, 9.17) is 4.74 Å². The number of hydrogen-bond acceptors (Lipinski definition) is 3. The number of esters is 1. The van der Waals surface area contributed by atoms with E-state index in [1.807, 2.05) is 0 Å². The van der Waals surface area contributed by atoms with Gasteiger partial charge in [0, 0.05) is 6.42 Å². The molecule has 1 fully saturated rings. The fourth-order valence-electron chi connectivity index (χ4n) is 2.20. The summed E-state index contributed by atoms with van der Waals surface area (Å²) in [7, 11) is 0. The van der Waals surface area contributed by atoms with Crippen molar-refractivity contribution in [3.63, 3.8) is 0 Å². The Bertz CT molecular complexity index is 203. The number of carbonyl (C=O) groups is 1. The van der Waals surface area contributed by atoms with Crippen LogP contribution in [0.25, 0.3) is 0 Å². The smallest absolute Gasteiger partial charge is 0.306 e. The molecular weight excluding hydrogens is 192 g/mol. The van der Waals surface area contributed by atoms with Gasteiger partial charge in [0.25, 0.3) is 0 Å². The first-order valence-electron chi connectivity index (χ1n) is 6.06. The topological polar surface area (TPSA) is 46.5 Å². The fraction of sp³-hybridized carbons (Fsp3) is 0.917. The van der Waals surface area contributed by atoms with Crippen LogP contribution in [0.2, 0.25) is 0 Å². The molecule has 88 valence electrons. The zero-order chi connectivity index (χ0) is 11.3. The average Bonchev–Trinajstić information content (AvgIpc) is 2.24. The highest BCUT2D eigenvalue weighted by atomic mass is 16.6. The quantitative estimate of drug-likeness (QED) is 0.714. The van der Waals surface area contributed by atoms with Crippen molar-refractivity contribution < 1.29 is 14.6 Å². The molecule has 0 radical (unpaired) electrons. The molecule has 3 unspecified atom stereocenters. The average molecular weight is 214 g/mol. The molecule has 1 aliphatic rings. The maximum absolute atomic E-state index is 11.2. The van der Waals surface area contributed by atoms with E-state index in [2.05, 4.69) is 13.8 Å². The van der Waals surface area contributed by atoms with E-state index in [-0.39, 0.29) is 12.1 Å². The van der Waals surface area contributed by atoms with Crippen LogP contribution in [0.3, 0.4) is 0 Å². The van der Waals surface area contributed by atoms with Crippen molar-refractivity contribution >= 4 is 5.97 Å². The molecule has 0 aromatic heterocycles. The van der Waals surface area contributed by atoms with Crippen LogP contribution < -0.4 is 0 Å². The second-order valence-corrected chi connectivity index (χ2v) is 4.37. The summed E-state index contributed by atoms with van der Waals surface area (Å²) in [5.41, 5.74) is 0. The molecule has 15 heavy (non-hydrogen) atoms. The molecule has 1 heterocycles. The molecule has 0 bridgehead atoms. The lowest BCUT2D eigenvalue weighted by atomic mass is 9.87. The summed E-state index contributed by atoms with van der Waals surface area (Å²) >= 11 is 0. The van der Waals surface area contributed by atoms with Gasteiger partial charge in [0.15, 0.2) is 0 Å². The minimum Gasteiger partial charge on any atom is -0.459 e. The van der Waals surface area contributed by atoms with Crippen LogP contribution in [0.5, 0.6) is 0 Å². The second kappa shape index (κ2) is 6.11. The molecule has 3 atom stereocenters. The number of aliphatic hydroxyl groups is 1. The summed E-state index contributed by atoms with van der Waals surface area (Å²) in [5, 5.41) is 9.81. The molecule has 0 amide bonds. The number of aliphatic hydroxyl groups excluding tert-OH is 1. The predicted octanol–water partition coefficient (Wildman–Crippen LogP) is 2.27. The van der Waals surface area contributed by atoms with Crippen molar-refractivity contribution in [2.24, 2.45) is 5.92 Å². The van der Waals surface area contributed by atoms with Gasteiger partial charge < -0.3 is 9.84 Å². The van der Waals surface area contributed by atoms with E-state index in [9.17, 15) is 9.90 Å². The van der Waals surface area contributed by atoms with Crippen LogP contribution in [-0.4, -0.2) is 23.3 Å². The third-order valence-electron chi connectivity index (χ3n) is 3.21. The van der Waals surface area contributed by atoms with E-state index < -0.39 is 6.10 Å². The summed E-state index contributed by atoms with van der Waals surface area (Å²) in [4.78, 5) is 11.2. The van der Waals surface area contributed by atoms with E-state index in [0.29, 0.717) is 18.8 Å². The Kier molecular flexibility index (Phi) is 5.09. The third kappa shape index (κ3) is 3.49. The Morgan fingerprint density at radius 2 is 2.27 bits per heavy atom. The van der Waals surface area contributed by atoms with E-state index in [1.165, 1.54) is 0 Å². The molecule has 0 saturated carbocycles. The highest BCUT2D eigenvalue weighted by Crippen LogP contribution is 2.27. The predicted molar refractivity (Wildman–Crippen MR) is 58.4 cm³/mol.